The standard InChI is InChI=1S/C18H26N2O4/c1-12(5-10-15(21)22)20-17(24)14-8-6-13(7-9-14)16(23)19-11-18(2,3)4/h6-9,12H,5,10-11H2,1-4H3,(H,19,23)(H,20,24)(H,21,22). The van der Waals surface area contributed by atoms with Gasteiger partial charge in [-0.15, -0.1) is 0 Å². The van der Waals surface area contributed by atoms with Crippen molar-refractivity contribution in [3.8, 4) is 0 Å². The average Bonchev–Trinajstić information content (AvgIpc) is 2.50. The number of aliphatic carboxylic acids is 1. The lowest BCUT2D eigenvalue weighted by Crippen LogP contribution is -2.33. The maximum Gasteiger partial charge on any atom is 0.303 e. The van der Waals surface area contributed by atoms with Crippen LogP contribution in [0.1, 0.15) is 61.3 Å². The first-order valence-electron chi connectivity index (χ1n) is 7.99. The number of carboxylic acids is 1. The van der Waals surface area contributed by atoms with Crippen LogP contribution in [-0.4, -0.2) is 35.5 Å². The lowest BCUT2D eigenvalue weighted by atomic mass is 9.97. The van der Waals surface area contributed by atoms with E-state index in [2.05, 4.69) is 10.6 Å². The first-order valence-corrected chi connectivity index (χ1v) is 7.99. The fourth-order valence-corrected chi connectivity index (χ4v) is 1.94. The minimum Gasteiger partial charge on any atom is -0.481 e. The molecule has 6 heteroatoms. The van der Waals surface area contributed by atoms with E-state index in [4.69, 9.17) is 5.11 Å². The Labute approximate surface area is 142 Å². The molecule has 1 aromatic carbocycles. The van der Waals surface area contributed by atoms with Crippen molar-refractivity contribution < 1.29 is 19.5 Å². The average molecular weight is 334 g/mol. The molecule has 1 aromatic rings. The van der Waals surface area contributed by atoms with E-state index in [0.29, 0.717) is 24.1 Å². The van der Waals surface area contributed by atoms with Crippen molar-refractivity contribution >= 4 is 17.8 Å². The Morgan fingerprint density at radius 1 is 1.04 bits per heavy atom. The lowest BCUT2D eigenvalue weighted by Gasteiger charge is -2.18. The predicted octanol–water partition coefficient (Wildman–Crippen LogP) is 2.45. The van der Waals surface area contributed by atoms with Gasteiger partial charge in [0, 0.05) is 30.1 Å². The molecular weight excluding hydrogens is 308 g/mol. The highest BCUT2D eigenvalue weighted by Crippen LogP contribution is 2.11. The highest BCUT2D eigenvalue weighted by atomic mass is 16.4. The second kappa shape index (κ2) is 8.47. The van der Waals surface area contributed by atoms with Gasteiger partial charge in [0.15, 0.2) is 0 Å². The third-order valence-corrected chi connectivity index (χ3v) is 3.36. The SMILES string of the molecule is CC(CCC(=O)O)NC(=O)c1ccc(C(=O)NCC(C)(C)C)cc1. The first kappa shape index (κ1) is 19.7. The summed E-state index contributed by atoms with van der Waals surface area (Å²) in [6.45, 7) is 8.43. The Hall–Kier alpha value is -2.37. The minimum absolute atomic E-state index is 0.00156. The van der Waals surface area contributed by atoms with Gasteiger partial charge >= 0.3 is 5.97 Å². The van der Waals surface area contributed by atoms with Gasteiger partial charge in [-0.05, 0) is 43.0 Å². The Kier molecular flexibility index (Phi) is 6.95. The molecule has 132 valence electrons. The quantitative estimate of drug-likeness (QED) is 0.713. The zero-order valence-corrected chi connectivity index (χ0v) is 14.7. The van der Waals surface area contributed by atoms with Gasteiger partial charge in [0.05, 0.1) is 0 Å². The van der Waals surface area contributed by atoms with Crippen molar-refractivity contribution in [1.82, 2.24) is 10.6 Å². The van der Waals surface area contributed by atoms with E-state index >= 15 is 0 Å². The molecule has 0 aliphatic heterocycles. The van der Waals surface area contributed by atoms with E-state index in [0.717, 1.165) is 0 Å². The molecule has 3 N–H and O–H groups in total. The normalized spacial score (nSPS) is 12.3. The van der Waals surface area contributed by atoms with Crippen LogP contribution in [0.3, 0.4) is 0 Å². The molecule has 0 aromatic heterocycles. The molecule has 0 aliphatic rings. The van der Waals surface area contributed by atoms with Crippen LogP contribution in [-0.2, 0) is 4.79 Å². The smallest absolute Gasteiger partial charge is 0.303 e. The van der Waals surface area contributed by atoms with Crippen LogP contribution in [0.5, 0.6) is 0 Å². The zero-order valence-electron chi connectivity index (χ0n) is 14.7. The monoisotopic (exact) mass is 334 g/mol. The highest BCUT2D eigenvalue weighted by Gasteiger charge is 2.14. The van der Waals surface area contributed by atoms with Gasteiger partial charge in [-0.3, -0.25) is 14.4 Å². The molecule has 24 heavy (non-hydrogen) atoms. The molecule has 0 saturated heterocycles. The lowest BCUT2D eigenvalue weighted by molar-refractivity contribution is -0.137. The molecule has 0 spiro atoms. The number of hydrogen-bond donors (Lipinski definition) is 3. The molecule has 0 heterocycles. The van der Waals surface area contributed by atoms with Crippen molar-refractivity contribution in [3.05, 3.63) is 35.4 Å². The number of carboxylic acid groups (broad SMARTS) is 1. The van der Waals surface area contributed by atoms with E-state index in [-0.39, 0.29) is 29.7 Å². The van der Waals surface area contributed by atoms with Gasteiger partial charge in [-0.2, -0.15) is 0 Å². The highest BCUT2D eigenvalue weighted by molar-refractivity contribution is 5.97. The maximum absolute atomic E-state index is 12.1. The summed E-state index contributed by atoms with van der Waals surface area (Å²) < 4.78 is 0. The molecule has 1 unspecified atom stereocenters. The third-order valence-electron chi connectivity index (χ3n) is 3.36. The molecule has 1 rings (SSSR count). The summed E-state index contributed by atoms with van der Waals surface area (Å²) in [7, 11) is 0. The van der Waals surface area contributed by atoms with Gasteiger partial charge < -0.3 is 15.7 Å². The van der Waals surface area contributed by atoms with E-state index in [9.17, 15) is 14.4 Å². The number of carbonyl (C=O) groups excluding carboxylic acids is 2. The molecular formula is C18H26N2O4. The number of benzene rings is 1. The van der Waals surface area contributed by atoms with E-state index in [1.807, 2.05) is 20.8 Å². The van der Waals surface area contributed by atoms with Crippen molar-refractivity contribution in [2.24, 2.45) is 5.41 Å². The number of hydrogen-bond acceptors (Lipinski definition) is 3. The maximum atomic E-state index is 12.1. The third kappa shape index (κ3) is 7.26. The van der Waals surface area contributed by atoms with Crippen LogP contribution in [0.2, 0.25) is 0 Å². The van der Waals surface area contributed by atoms with E-state index < -0.39 is 5.97 Å². The summed E-state index contributed by atoms with van der Waals surface area (Å²) in [6, 6.07) is 6.16. The van der Waals surface area contributed by atoms with Gasteiger partial charge in [0.1, 0.15) is 0 Å². The molecule has 0 radical (unpaired) electrons. The minimum atomic E-state index is -0.887. The molecule has 0 saturated carbocycles. The van der Waals surface area contributed by atoms with Crippen LogP contribution in [0.15, 0.2) is 24.3 Å². The van der Waals surface area contributed by atoms with Crippen LogP contribution in [0, 0.1) is 5.41 Å². The Balaban J connectivity index is 2.58. The van der Waals surface area contributed by atoms with Crippen LogP contribution in [0.25, 0.3) is 0 Å². The fraction of sp³-hybridized carbons (Fsp3) is 0.500. The largest absolute Gasteiger partial charge is 0.481 e. The molecule has 1 atom stereocenters. The number of rotatable bonds is 7. The van der Waals surface area contributed by atoms with Crippen LogP contribution in [0.4, 0.5) is 0 Å². The fourth-order valence-electron chi connectivity index (χ4n) is 1.94. The predicted molar refractivity (Wildman–Crippen MR) is 92.0 cm³/mol. The Morgan fingerprint density at radius 3 is 2.00 bits per heavy atom. The molecule has 0 bridgehead atoms. The number of carbonyl (C=O) groups is 3. The second-order valence-electron chi connectivity index (χ2n) is 7.13. The van der Waals surface area contributed by atoms with Crippen molar-refractivity contribution in [3.63, 3.8) is 0 Å². The summed E-state index contributed by atoms with van der Waals surface area (Å²) >= 11 is 0. The zero-order chi connectivity index (χ0) is 18.3. The summed E-state index contributed by atoms with van der Waals surface area (Å²) in [5, 5.41) is 14.2. The van der Waals surface area contributed by atoms with Gasteiger partial charge in [0.2, 0.25) is 0 Å². The Bertz CT molecular complexity index is 588. The van der Waals surface area contributed by atoms with Crippen LogP contribution >= 0.6 is 0 Å². The number of nitrogens with one attached hydrogen (secondary N) is 2. The summed E-state index contributed by atoms with van der Waals surface area (Å²) in [5.41, 5.74) is 0.931. The molecule has 0 fully saturated rings. The van der Waals surface area contributed by atoms with Gasteiger partial charge in [-0.25, -0.2) is 0 Å². The molecule has 6 nitrogen and oxygen atoms in total. The topological polar surface area (TPSA) is 95.5 Å². The summed E-state index contributed by atoms with van der Waals surface area (Å²) in [6.07, 6.45) is 0.378. The van der Waals surface area contributed by atoms with Crippen molar-refractivity contribution in [2.75, 3.05) is 6.54 Å². The van der Waals surface area contributed by atoms with Crippen molar-refractivity contribution in [1.29, 1.82) is 0 Å². The van der Waals surface area contributed by atoms with E-state index in [1.165, 1.54) is 0 Å². The van der Waals surface area contributed by atoms with Crippen LogP contribution < -0.4 is 10.6 Å². The van der Waals surface area contributed by atoms with Gasteiger partial charge in [-0.1, -0.05) is 20.8 Å². The first-order chi connectivity index (χ1) is 11.1. The second-order valence-corrected chi connectivity index (χ2v) is 7.13. The van der Waals surface area contributed by atoms with Crippen molar-refractivity contribution in [2.45, 2.75) is 46.6 Å². The van der Waals surface area contributed by atoms with E-state index in [1.54, 1.807) is 31.2 Å². The summed E-state index contributed by atoms with van der Waals surface area (Å²) in [4.78, 5) is 34.6. The number of amides is 2. The molecule has 2 amide bonds. The summed E-state index contributed by atoms with van der Waals surface area (Å²) in [5.74, 6) is -1.34. The van der Waals surface area contributed by atoms with Gasteiger partial charge in [0.25, 0.3) is 11.8 Å². The Morgan fingerprint density at radius 2 is 1.54 bits per heavy atom. The molecule has 0 aliphatic carbocycles.